The summed E-state index contributed by atoms with van der Waals surface area (Å²) in [5.74, 6) is -0.454. The highest BCUT2D eigenvalue weighted by molar-refractivity contribution is 5.95. The van der Waals surface area contributed by atoms with E-state index in [1.54, 1.807) is 18.3 Å². The van der Waals surface area contributed by atoms with Crippen LogP contribution in [0.1, 0.15) is 53.5 Å². The highest BCUT2D eigenvalue weighted by Gasteiger charge is 2.49. The Morgan fingerprint density at radius 1 is 1.32 bits per heavy atom. The number of hydrogen-bond acceptors (Lipinski definition) is 6. The molecule has 3 atom stereocenters. The van der Waals surface area contributed by atoms with Crippen LogP contribution >= 0.6 is 0 Å². The summed E-state index contributed by atoms with van der Waals surface area (Å²) in [5.41, 5.74) is 7.29. The van der Waals surface area contributed by atoms with Crippen LogP contribution in [-0.4, -0.2) is 27.9 Å². The van der Waals surface area contributed by atoms with Crippen molar-refractivity contribution in [2.75, 3.05) is 0 Å². The number of fused-ring (bicyclic) bond motifs is 1. The summed E-state index contributed by atoms with van der Waals surface area (Å²) in [4.78, 5) is 25.3. The lowest BCUT2D eigenvalue weighted by Gasteiger charge is -2.40. The van der Waals surface area contributed by atoms with Gasteiger partial charge in [-0.3, -0.25) is 9.78 Å². The molecule has 146 valence electrons. The molecule has 2 N–H and O–H groups in total. The van der Waals surface area contributed by atoms with E-state index in [-0.39, 0.29) is 36.1 Å². The first-order valence-electron chi connectivity index (χ1n) is 9.49. The van der Waals surface area contributed by atoms with Gasteiger partial charge in [0.05, 0.1) is 17.4 Å². The zero-order chi connectivity index (χ0) is 19.9. The van der Waals surface area contributed by atoms with Crippen molar-refractivity contribution in [1.82, 2.24) is 9.97 Å². The van der Waals surface area contributed by atoms with E-state index in [0.717, 1.165) is 25.0 Å². The van der Waals surface area contributed by atoms with Gasteiger partial charge in [-0.25, -0.2) is 14.4 Å². The first-order valence-corrected chi connectivity index (χ1v) is 9.49. The van der Waals surface area contributed by atoms with Crippen molar-refractivity contribution in [3.63, 3.8) is 0 Å². The van der Waals surface area contributed by atoms with Crippen molar-refractivity contribution in [1.29, 1.82) is 0 Å². The van der Waals surface area contributed by atoms with Crippen LogP contribution in [0.4, 0.5) is 4.39 Å². The second-order valence-corrected chi connectivity index (χ2v) is 7.75. The van der Waals surface area contributed by atoms with E-state index in [4.69, 9.17) is 10.5 Å². The molecule has 2 aliphatic rings. The third-order valence-corrected chi connectivity index (χ3v) is 5.80. The van der Waals surface area contributed by atoms with E-state index in [1.807, 2.05) is 13.8 Å². The summed E-state index contributed by atoms with van der Waals surface area (Å²) in [6.07, 6.45) is 5.89. The van der Waals surface area contributed by atoms with Gasteiger partial charge in [-0.15, -0.1) is 0 Å². The first kappa shape index (κ1) is 18.5. The van der Waals surface area contributed by atoms with Crippen molar-refractivity contribution < 1.29 is 13.9 Å². The van der Waals surface area contributed by atoms with Gasteiger partial charge in [-0.1, -0.05) is 6.07 Å². The summed E-state index contributed by atoms with van der Waals surface area (Å²) < 4.78 is 20.5. The van der Waals surface area contributed by atoms with Crippen LogP contribution in [0.3, 0.4) is 0 Å². The third-order valence-electron chi connectivity index (χ3n) is 5.80. The highest BCUT2D eigenvalue weighted by Crippen LogP contribution is 2.47. The van der Waals surface area contributed by atoms with Gasteiger partial charge < -0.3 is 10.5 Å². The maximum atomic E-state index is 14.8. The van der Waals surface area contributed by atoms with E-state index in [2.05, 4.69) is 15.0 Å². The van der Waals surface area contributed by atoms with Crippen molar-refractivity contribution in [2.45, 2.75) is 51.2 Å². The van der Waals surface area contributed by atoms with Crippen molar-refractivity contribution in [3.05, 3.63) is 58.9 Å². The molecule has 0 saturated heterocycles. The Morgan fingerprint density at radius 2 is 2.14 bits per heavy atom. The van der Waals surface area contributed by atoms with Gasteiger partial charge in [0.1, 0.15) is 17.6 Å². The molecule has 4 rings (SSSR count). The minimum Gasteiger partial charge on any atom is -0.462 e. The maximum absolute atomic E-state index is 14.8. The normalized spacial score (nSPS) is 26.3. The smallest absolute Gasteiger partial charge is 0.283 e. The predicted molar refractivity (Wildman–Crippen MR) is 102 cm³/mol. The SMILES string of the molecule is Cc1cnc(C(=O)Cc2ccc(F)c([C@@]3(C)N=C(N)OC4CCCC43)c2)cn1. The minimum atomic E-state index is -0.809. The van der Waals surface area contributed by atoms with Crippen molar-refractivity contribution >= 4 is 11.8 Å². The lowest BCUT2D eigenvalue weighted by molar-refractivity contribution is 0.0700. The van der Waals surface area contributed by atoms with Crippen LogP contribution in [0.25, 0.3) is 0 Å². The number of aromatic nitrogens is 2. The molecule has 6 nitrogen and oxygen atoms in total. The summed E-state index contributed by atoms with van der Waals surface area (Å²) in [6.45, 7) is 3.71. The molecule has 2 unspecified atom stereocenters. The number of nitrogens with two attached hydrogens (primary N) is 1. The number of nitrogens with zero attached hydrogens (tertiary/aromatic N) is 3. The number of amidine groups is 1. The molecule has 0 spiro atoms. The largest absolute Gasteiger partial charge is 0.462 e. The lowest BCUT2D eigenvalue weighted by Crippen LogP contribution is -2.45. The molecule has 0 radical (unpaired) electrons. The Balaban J connectivity index is 1.66. The van der Waals surface area contributed by atoms with Crippen LogP contribution in [0.2, 0.25) is 0 Å². The minimum absolute atomic E-state index is 0.0463. The molecule has 1 aromatic carbocycles. The van der Waals surface area contributed by atoms with E-state index >= 15 is 0 Å². The number of benzene rings is 1. The van der Waals surface area contributed by atoms with Crippen molar-refractivity contribution in [3.8, 4) is 0 Å². The standard InChI is InChI=1S/C21H23FN4O2/c1-12-10-25-17(11-24-12)18(27)9-13-6-7-16(22)15(8-13)21(2)14-4-3-5-19(14)28-20(23)26-21/h6-8,10-11,14,19H,3-5,9H2,1-2H3,(H2,23,26)/t14?,19?,21-/m0/s1. The average molecular weight is 382 g/mol. The van der Waals surface area contributed by atoms with E-state index in [1.165, 1.54) is 12.3 Å². The zero-order valence-corrected chi connectivity index (χ0v) is 16.0. The number of rotatable bonds is 4. The number of carbonyl (C=O) groups is 1. The predicted octanol–water partition coefficient (Wildman–Crippen LogP) is 3.08. The number of aryl methyl sites for hydroxylation is 1. The van der Waals surface area contributed by atoms with Crippen molar-refractivity contribution in [2.24, 2.45) is 16.6 Å². The lowest BCUT2D eigenvalue weighted by atomic mass is 9.76. The number of Topliss-reactive ketones (excluding diaryl/α,β-unsaturated/α-hetero) is 1. The summed E-state index contributed by atoms with van der Waals surface area (Å²) in [7, 11) is 0. The van der Waals surface area contributed by atoms with E-state index in [0.29, 0.717) is 16.8 Å². The molecule has 1 aromatic heterocycles. The van der Waals surface area contributed by atoms with Gasteiger partial charge in [0.25, 0.3) is 6.02 Å². The quantitative estimate of drug-likeness (QED) is 0.821. The molecule has 1 aliphatic carbocycles. The number of aliphatic imine (C=N–C) groups is 1. The third kappa shape index (κ3) is 3.25. The Kier molecular flexibility index (Phi) is 4.61. The summed E-state index contributed by atoms with van der Waals surface area (Å²) >= 11 is 0. The fraction of sp³-hybridized carbons (Fsp3) is 0.429. The molecule has 28 heavy (non-hydrogen) atoms. The van der Waals surface area contributed by atoms with Gasteiger partial charge in [0.15, 0.2) is 5.78 Å². The zero-order valence-electron chi connectivity index (χ0n) is 16.0. The maximum Gasteiger partial charge on any atom is 0.283 e. The Bertz CT molecular complexity index is 944. The first-order chi connectivity index (χ1) is 13.4. The molecule has 1 fully saturated rings. The number of carbonyl (C=O) groups excluding carboxylic acids is 1. The fourth-order valence-electron chi connectivity index (χ4n) is 4.35. The Labute approximate surface area is 163 Å². The van der Waals surface area contributed by atoms with Gasteiger partial charge >= 0.3 is 0 Å². The van der Waals surface area contributed by atoms with Crippen LogP contribution in [-0.2, 0) is 16.7 Å². The molecule has 2 aromatic rings. The molecule has 0 amide bonds. The second kappa shape index (κ2) is 6.96. The Morgan fingerprint density at radius 3 is 2.89 bits per heavy atom. The molecule has 2 heterocycles. The number of halogens is 1. The van der Waals surface area contributed by atoms with Gasteiger partial charge in [0.2, 0.25) is 0 Å². The number of hydrogen-bond donors (Lipinski definition) is 1. The molecule has 7 heteroatoms. The van der Waals surface area contributed by atoms with Gasteiger partial charge in [0, 0.05) is 24.1 Å². The highest BCUT2D eigenvalue weighted by atomic mass is 19.1. The molecular formula is C21H23FN4O2. The van der Waals surface area contributed by atoms with Crippen LogP contribution in [0, 0.1) is 18.7 Å². The van der Waals surface area contributed by atoms with E-state index < -0.39 is 5.54 Å². The summed E-state index contributed by atoms with van der Waals surface area (Å²) in [6, 6.07) is 4.85. The second-order valence-electron chi connectivity index (χ2n) is 7.75. The molecule has 0 bridgehead atoms. The Hall–Kier alpha value is -2.83. The summed E-state index contributed by atoms with van der Waals surface area (Å²) in [5, 5.41) is 0. The topological polar surface area (TPSA) is 90.5 Å². The molecule has 1 aliphatic heterocycles. The molecular weight excluding hydrogens is 359 g/mol. The van der Waals surface area contributed by atoms with Gasteiger partial charge in [-0.05, 0) is 50.8 Å². The molecule has 1 saturated carbocycles. The monoisotopic (exact) mass is 382 g/mol. The number of ether oxygens (including phenoxy) is 1. The van der Waals surface area contributed by atoms with E-state index in [9.17, 15) is 9.18 Å². The average Bonchev–Trinajstić information content (AvgIpc) is 3.13. The fourth-order valence-corrected chi connectivity index (χ4v) is 4.35. The van der Waals surface area contributed by atoms with Crippen LogP contribution < -0.4 is 5.73 Å². The van der Waals surface area contributed by atoms with Crippen LogP contribution in [0.5, 0.6) is 0 Å². The van der Waals surface area contributed by atoms with Gasteiger partial charge in [-0.2, -0.15) is 0 Å². The van der Waals surface area contributed by atoms with Crippen LogP contribution in [0.15, 0.2) is 35.6 Å². The number of ketones is 1.